The minimum absolute atomic E-state index is 0.117. The van der Waals surface area contributed by atoms with Crippen molar-refractivity contribution in [3.63, 3.8) is 0 Å². The average molecular weight is 277 g/mol. The van der Waals surface area contributed by atoms with E-state index in [1.54, 1.807) is 17.7 Å². The largest absolute Gasteiger partial charge is 0.391 e. The standard InChI is InChI=1S/C14H19N3OS/c1-8-9(2)19-14-12(8)13(15-7-16-14)17-10-5-3-4-6-11(10)18/h7,10-11,18H,3-6H2,1-2H3,(H,15,16,17). The van der Waals surface area contributed by atoms with Crippen LogP contribution in [-0.2, 0) is 0 Å². The minimum Gasteiger partial charge on any atom is -0.391 e. The van der Waals surface area contributed by atoms with Crippen molar-refractivity contribution >= 4 is 27.4 Å². The molecule has 2 atom stereocenters. The SMILES string of the molecule is Cc1sc2ncnc(NC3CCCCC3O)c2c1C. The molecule has 1 fully saturated rings. The lowest BCUT2D eigenvalue weighted by molar-refractivity contribution is 0.116. The van der Waals surface area contributed by atoms with E-state index < -0.39 is 0 Å². The van der Waals surface area contributed by atoms with E-state index >= 15 is 0 Å². The van der Waals surface area contributed by atoms with Gasteiger partial charge in [0.05, 0.1) is 17.5 Å². The highest BCUT2D eigenvalue weighted by molar-refractivity contribution is 7.18. The molecule has 2 unspecified atom stereocenters. The van der Waals surface area contributed by atoms with Crippen molar-refractivity contribution in [2.75, 3.05) is 5.32 Å². The van der Waals surface area contributed by atoms with Crippen LogP contribution < -0.4 is 5.32 Å². The Labute approximate surface area is 116 Å². The van der Waals surface area contributed by atoms with Gasteiger partial charge in [0, 0.05) is 4.88 Å². The maximum Gasteiger partial charge on any atom is 0.138 e. The number of thiophene rings is 1. The van der Waals surface area contributed by atoms with Crippen molar-refractivity contribution in [2.24, 2.45) is 0 Å². The summed E-state index contributed by atoms with van der Waals surface area (Å²) in [7, 11) is 0. The summed E-state index contributed by atoms with van der Waals surface area (Å²) in [5, 5.41) is 14.6. The van der Waals surface area contributed by atoms with Gasteiger partial charge in [0.1, 0.15) is 17.0 Å². The van der Waals surface area contributed by atoms with Crippen molar-refractivity contribution in [3.8, 4) is 0 Å². The van der Waals surface area contributed by atoms with Gasteiger partial charge in [-0.1, -0.05) is 12.8 Å². The number of aryl methyl sites for hydroxylation is 2. The summed E-state index contributed by atoms with van der Waals surface area (Å²) in [6.45, 7) is 4.22. The first-order chi connectivity index (χ1) is 9.16. The molecule has 4 nitrogen and oxygen atoms in total. The predicted molar refractivity (Wildman–Crippen MR) is 78.8 cm³/mol. The Morgan fingerprint density at radius 3 is 2.84 bits per heavy atom. The van der Waals surface area contributed by atoms with E-state index in [2.05, 4.69) is 29.1 Å². The lowest BCUT2D eigenvalue weighted by atomic mass is 9.92. The normalized spacial score (nSPS) is 23.7. The topological polar surface area (TPSA) is 58.0 Å². The van der Waals surface area contributed by atoms with Gasteiger partial charge in [0.15, 0.2) is 0 Å². The molecular formula is C14H19N3OS. The molecule has 102 valence electrons. The monoisotopic (exact) mass is 277 g/mol. The zero-order valence-electron chi connectivity index (χ0n) is 11.3. The molecule has 5 heteroatoms. The Bertz CT molecular complexity index is 596. The molecule has 0 amide bonds. The van der Waals surface area contributed by atoms with Gasteiger partial charge in [0.25, 0.3) is 0 Å². The van der Waals surface area contributed by atoms with Gasteiger partial charge in [0.2, 0.25) is 0 Å². The number of aromatic nitrogens is 2. The van der Waals surface area contributed by atoms with Gasteiger partial charge in [-0.15, -0.1) is 11.3 Å². The smallest absolute Gasteiger partial charge is 0.138 e. The van der Waals surface area contributed by atoms with Crippen molar-refractivity contribution in [1.29, 1.82) is 0 Å². The first-order valence-electron chi connectivity index (χ1n) is 6.82. The van der Waals surface area contributed by atoms with Crippen molar-refractivity contribution in [1.82, 2.24) is 9.97 Å². The number of aliphatic hydroxyl groups excluding tert-OH is 1. The summed E-state index contributed by atoms with van der Waals surface area (Å²) >= 11 is 1.70. The van der Waals surface area contributed by atoms with E-state index in [0.717, 1.165) is 35.3 Å². The molecule has 1 aliphatic carbocycles. The minimum atomic E-state index is -0.265. The van der Waals surface area contributed by atoms with E-state index in [0.29, 0.717) is 0 Å². The number of hydrogen-bond acceptors (Lipinski definition) is 5. The number of fused-ring (bicyclic) bond motifs is 1. The molecule has 19 heavy (non-hydrogen) atoms. The van der Waals surface area contributed by atoms with Gasteiger partial charge >= 0.3 is 0 Å². The van der Waals surface area contributed by atoms with Gasteiger partial charge in [-0.25, -0.2) is 9.97 Å². The zero-order valence-corrected chi connectivity index (χ0v) is 12.1. The molecule has 0 bridgehead atoms. The van der Waals surface area contributed by atoms with E-state index in [4.69, 9.17) is 0 Å². The van der Waals surface area contributed by atoms with E-state index in [-0.39, 0.29) is 12.1 Å². The molecule has 1 saturated carbocycles. The van der Waals surface area contributed by atoms with E-state index in [1.807, 2.05) is 0 Å². The summed E-state index contributed by atoms with van der Waals surface area (Å²) in [6, 6.07) is 0.117. The van der Waals surface area contributed by atoms with Crippen LogP contribution in [0, 0.1) is 13.8 Å². The Morgan fingerprint density at radius 1 is 1.26 bits per heavy atom. The molecular weight excluding hydrogens is 258 g/mol. The van der Waals surface area contributed by atoms with Crippen LogP contribution in [0.3, 0.4) is 0 Å². The van der Waals surface area contributed by atoms with Gasteiger partial charge in [-0.05, 0) is 32.3 Å². The molecule has 2 aromatic heterocycles. The molecule has 1 aliphatic rings. The van der Waals surface area contributed by atoms with Crippen LogP contribution in [0.4, 0.5) is 5.82 Å². The number of rotatable bonds is 2. The highest BCUT2D eigenvalue weighted by Gasteiger charge is 2.24. The first-order valence-corrected chi connectivity index (χ1v) is 7.64. The number of nitrogens with one attached hydrogen (secondary N) is 1. The Kier molecular flexibility index (Phi) is 3.41. The highest BCUT2D eigenvalue weighted by atomic mass is 32.1. The second-order valence-electron chi connectivity index (χ2n) is 5.29. The second-order valence-corrected chi connectivity index (χ2v) is 6.49. The third kappa shape index (κ3) is 2.32. The Hall–Kier alpha value is -1.20. The first kappa shape index (κ1) is 12.8. The summed E-state index contributed by atoms with van der Waals surface area (Å²) < 4.78 is 0. The molecule has 2 aromatic rings. The van der Waals surface area contributed by atoms with Crippen LogP contribution >= 0.6 is 11.3 Å². The summed E-state index contributed by atoms with van der Waals surface area (Å²) in [5.74, 6) is 0.873. The van der Waals surface area contributed by atoms with E-state index in [9.17, 15) is 5.11 Å². The van der Waals surface area contributed by atoms with Crippen LogP contribution in [-0.4, -0.2) is 27.2 Å². The molecule has 0 spiro atoms. The van der Waals surface area contributed by atoms with Crippen LogP contribution in [0.2, 0.25) is 0 Å². The maximum absolute atomic E-state index is 10.1. The average Bonchev–Trinajstić information content (AvgIpc) is 2.69. The highest BCUT2D eigenvalue weighted by Crippen LogP contribution is 2.33. The third-order valence-corrected chi connectivity index (χ3v) is 5.13. The number of hydrogen-bond donors (Lipinski definition) is 2. The zero-order chi connectivity index (χ0) is 13.4. The number of anilines is 1. The molecule has 0 radical (unpaired) electrons. The van der Waals surface area contributed by atoms with Gasteiger partial charge in [-0.3, -0.25) is 0 Å². The van der Waals surface area contributed by atoms with E-state index in [1.165, 1.54) is 16.9 Å². The van der Waals surface area contributed by atoms with Crippen molar-refractivity contribution in [2.45, 2.75) is 51.7 Å². The van der Waals surface area contributed by atoms with Crippen LogP contribution in [0.5, 0.6) is 0 Å². The maximum atomic E-state index is 10.1. The number of nitrogens with zero attached hydrogens (tertiary/aromatic N) is 2. The van der Waals surface area contributed by atoms with Gasteiger partial charge in [-0.2, -0.15) is 0 Å². The summed E-state index contributed by atoms with van der Waals surface area (Å²) in [6.07, 6.45) is 5.52. The molecule has 0 aliphatic heterocycles. The Balaban J connectivity index is 1.96. The Morgan fingerprint density at radius 2 is 2.05 bits per heavy atom. The van der Waals surface area contributed by atoms with Crippen LogP contribution in [0.1, 0.15) is 36.1 Å². The molecule has 0 aromatic carbocycles. The van der Waals surface area contributed by atoms with Crippen molar-refractivity contribution in [3.05, 3.63) is 16.8 Å². The summed E-state index contributed by atoms with van der Waals surface area (Å²) in [4.78, 5) is 11.0. The van der Waals surface area contributed by atoms with Crippen LogP contribution in [0.25, 0.3) is 10.2 Å². The molecule has 3 rings (SSSR count). The van der Waals surface area contributed by atoms with Crippen LogP contribution in [0.15, 0.2) is 6.33 Å². The summed E-state index contributed by atoms with van der Waals surface area (Å²) in [5.41, 5.74) is 1.24. The lowest BCUT2D eigenvalue weighted by Gasteiger charge is -2.28. The fraction of sp³-hybridized carbons (Fsp3) is 0.571. The molecule has 2 N–H and O–H groups in total. The second kappa shape index (κ2) is 5.06. The molecule has 0 saturated heterocycles. The predicted octanol–water partition coefficient (Wildman–Crippen LogP) is 3.02. The van der Waals surface area contributed by atoms with Gasteiger partial charge < -0.3 is 10.4 Å². The fourth-order valence-corrected chi connectivity index (χ4v) is 3.74. The molecule has 2 heterocycles. The lowest BCUT2D eigenvalue weighted by Crippen LogP contribution is -2.36. The third-order valence-electron chi connectivity index (χ3n) is 4.02. The van der Waals surface area contributed by atoms with Crippen molar-refractivity contribution < 1.29 is 5.11 Å². The number of aliphatic hydroxyl groups is 1. The fourth-order valence-electron chi connectivity index (χ4n) is 2.75. The quantitative estimate of drug-likeness (QED) is 0.886.